The second-order valence-corrected chi connectivity index (χ2v) is 8.13. The predicted molar refractivity (Wildman–Crippen MR) is 98.5 cm³/mol. The van der Waals surface area contributed by atoms with Crippen LogP contribution in [0.25, 0.3) is 0 Å². The number of carbonyl (C=O) groups excluding carboxylic acids is 1. The van der Waals surface area contributed by atoms with E-state index in [-0.39, 0.29) is 5.78 Å². The van der Waals surface area contributed by atoms with Gasteiger partial charge in [-0.3, -0.25) is 4.79 Å². The van der Waals surface area contributed by atoms with E-state index in [1.807, 2.05) is 23.6 Å². The highest BCUT2D eigenvalue weighted by molar-refractivity contribution is 8.01. The van der Waals surface area contributed by atoms with Crippen LogP contribution in [0.3, 0.4) is 0 Å². The van der Waals surface area contributed by atoms with Crippen molar-refractivity contribution in [1.29, 1.82) is 0 Å². The van der Waals surface area contributed by atoms with Gasteiger partial charge in [-0.25, -0.2) is 0 Å². The first-order valence-corrected chi connectivity index (χ1v) is 9.67. The average Bonchev–Trinajstić information content (AvgIpc) is 3.20. The average molecular weight is 362 g/mol. The summed E-state index contributed by atoms with van der Waals surface area (Å²) in [5.74, 6) is 0.516. The Balaban J connectivity index is 1.59. The number of thiophene rings is 1. The molecule has 4 nitrogen and oxygen atoms in total. The molecule has 0 spiro atoms. The highest BCUT2D eigenvalue weighted by atomic mass is 32.2. The molecule has 0 aliphatic carbocycles. The van der Waals surface area contributed by atoms with Crippen LogP contribution < -0.4 is 5.32 Å². The van der Waals surface area contributed by atoms with E-state index in [0.717, 1.165) is 20.0 Å². The van der Waals surface area contributed by atoms with Crippen molar-refractivity contribution in [1.82, 2.24) is 10.2 Å². The van der Waals surface area contributed by atoms with Crippen LogP contribution >= 0.6 is 34.4 Å². The van der Waals surface area contributed by atoms with E-state index in [0.29, 0.717) is 5.75 Å². The minimum Gasteiger partial charge on any atom is -0.330 e. The maximum Gasteiger partial charge on any atom is 0.210 e. The Morgan fingerprint density at radius 3 is 2.83 bits per heavy atom. The minimum atomic E-state index is 0.129. The molecule has 0 saturated heterocycles. The quantitative estimate of drug-likeness (QED) is 0.498. The lowest BCUT2D eigenvalue weighted by Gasteiger charge is -2.05. The van der Waals surface area contributed by atoms with Gasteiger partial charge in [0.25, 0.3) is 0 Å². The van der Waals surface area contributed by atoms with Crippen molar-refractivity contribution in [3.8, 4) is 0 Å². The molecule has 0 atom stereocenters. The molecular weight excluding hydrogens is 346 g/mol. The van der Waals surface area contributed by atoms with Crippen LogP contribution in [0.15, 0.2) is 40.1 Å². The third-order valence-corrected chi connectivity index (χ3v) is 6.17. The van der Waals surface area contributed by atoms with Crippen LogP contribution in [0.4, 0.5) is 10.8 Å². The summed E-state index contributed by atoms with van der Waals surface area (Å²) < 4.78 is 0.793. The van der Waals surface area contributed by atoms with E-state index < -0.39 is 0 Å². The number of aromatic nitrogens is 2. The molecule has 1 N–H and O–H groups in total. The third-order valence-electron chi connectivity index (χ3n) is 3.29. The summed E-state index contributed by atoms with van der Waals surface area (Å²) in [5.41, 5.74) is 3.49. The van der Waals surface area contributed by atoms with Crippen molar-refractivity contribution in [3.63, 3.8) is 0 Å². The molecule has 0 unspecified atom stereocenters. The molecule has 0 amide bonds. The summed E-state index contributed by atoms with van der Waals surface area (Å²) in [6.07, 6.45) is 0. The number of nitrogens with zero attached hydrogens (tertiary/aromatic N) is 2. The Kier molecular flexibility index (Phi) is 5.09. The normalized spacial score (nSPS) is 10.7. The first-order valence-electron chi connectivity index (χ1n) is 6.99. The molecule has 3 aromatic rings. The van der Waals surface area contributed by atoms with Crippen LogP contribution in [-0.4, -0.2) is 21.7 Å². The molecule has 118 valence electrons. The van der Waals surface area contributed by atoms with Crippen LogP contribution in [0, 0.1) is 13.8 Å². The number of anilines is 2. The van der Waals surface area contributed by atoms with E-state index in [1.165, 1.54) is 45.6 Å². The van der Waals surface area contributed by atoms with Gasteiger partial charge >= 0.3 is 0 Å². The molecule has 23 heavy (non-hydrogen) atoms. The van der Waals surface area contributed by atoms with E-state index in [2.05, 4.69) is 41.5 Å². The van der Waals surface area contributed by atoms with Crippen LogP contribution in [0.1, 0.15) is 20.8 Å². The van der Waals surface area contributed by atoms with Crippen LogP contribution in [-0.2, 0) is 0 Å². The van der Waals surface area contributed by atoms with Crippen LogP contribution in [0.2, 0.25) is 0 Å². The number of benzene rings is 1. The lowest BCUT2D eigenvalue weighted by Crippen LogP contribution is -1.98. The smallest absolute Gasteiger partial charge is 0.210 e. The first-order chi connectivity index (χ1) is 11.1. The minimum absolute atomic E-state index is 0.129. The molecule has 0 aliphatic heterocycles. The zero-order valence-electron chi connectivity index (χ0n) is 12.7. The Hall–Kier alpha value is -1.70. The van der Waals surface area contributed by atoms with Crippen molar-refractivity contribution >= 4 is 51.0 Å². The Morgan fingerprint density at radius 2 is 2.09 bits per heavy atom. The van der Waals surface area contributed by atoms with Gasteiger partial charge in [0.2, 0.25) is 5.13 Å². The van der Waals surface area contributed by atoms with Crippen molar-refractivity contribution in [3.05, 3.63) is 51.7 Å². The zero-order chi connectivity index (χ0) is 16.2. The fourth-order valence-corrected chi connectivity index (χ4v) is 4.31. The van der Waals surface area contributed by atoms with Crippen molar-refractivity contribution < 1.29 is 4.79 Å². The molecule has 0 aliphatic rings. The summed E-state index contributed by atoms with van der Waals surface area (Å²) in [5, 5.41) is 14.2. The Bertz CT molecular complexity index is 812. The maximum atomic E-state index is 12.0. The number of ketones is 1. The summed E-state index contributed by atoms with van der Waals surface area (Å²) in [7, 11) is 0. The van der Waals surface area contributed by atoms with Gasteiger partial charge in [0, 0.05) is 5.69 Å². The summed E-state index contributed by atoms with van der Waals surface area (Å²) in [6, 6.07) is 9.92. The zero-order valence-corrected chi connectivity index (χ0v) is 15.1. The van der Waals surface area contributed by atoms with Gasteiger partial charge in [-0.15, -0.1) is 21.5 Å². The third kappa shape index (κ3) is 4.19. The Labute approximate surface area is 147 Å². The highest BCUT2D eigenvalue weighted by Gasteiger charge is 2.11. The molecule has 0 saturated carbocycles. The lowest BCUT2D eigenvalue weighted by molar-refractivity contribution is 0.102. The number of nitrogens with one attached hydrogen (secondary N) is 1. The monoisotopic (exact) mass is 361 g/mol. The summed E-state index contributed by atoms with van der Waals surface area (Å²) >= 11 is 4.35. The second kappa shape index (κ2) is 7.25. The number of Topliss-reactive ketones (excluding diaryl/α,β-unsaturated/α-hetero) is 1. The fraction of sp³-hybridized carbons (Fsp3) is 0.188. The molecular formula is C16H15N3OS3. The van der Waals surface area contributed by atoms with Gasteiger partial charge in [-0.1, -0.05) is 35.2 Å². The molecule has 0 fully saturated rings. The van der Waals surface area contributed by atoms with Crippen molar-refractivity contribution in [2.75, 3.05) is 11.1 Å². The summed E-state index contributed by atoms with van der Waals surface area (Å²) in [4.78, 5) is 12.8. The van der Waals surface area contributed by atoms with Crippen molar-refractivity contribution in [2.45, 2.75) is 18.2 Å². The molecule has 2 heterocycles. The van der Waals surface area contributed by atoms with E-state index in [4.69, 9.17) is 0 Å². The predicted octanol–water partition coefficient (Wildman–Crippen LogP) is 4.94. The number of hydrogen-bond donors (Lipinski definition) is 1. The number of aryl methyl sites for hydroxylation is 2. The number of rotatable bonds is 6. The van der Waals surface area contributed by atoms with Gasteiger partial charge in [-0.05, 0) is 48.6 Å². The highest BCUT2D eigenvalue weighted by Crippen LogP contribution is 2.29. The number of thioether (sulfide) groups is 1. The molecule has 1 aromatic carbocycles. The van der Waals surface area contributed by atoms with Gasteiger partial charge in [0.1, 0.15) is 0 Å². The maximum absolute atomic E-state index is 12.0. The van der Waals surface area contributed by atoms with Crippen molar-refractivity contribution in [2.24, 2.45) is 0 Å². The standard InChI is InChI=1S/C16H15N3OS3/c1-10-5-6-12(8-11(10)2)17-15-18-19-16(23-15)22-9-13(20)14-4-3-7-21-14/h3-8H,9H2,1-2H3,(H,17,18). The number of hydrogen-bond acceptors (Lipinski definition) is 7. The lowest BCUT2D eigenvalue weighted by atomic mass is 10.1. The van der Waals surface area contributed by atoms with Gasteiger partial charge in [0.05, 0.1) is 10.6 Å². The molecule has 3 rings (SSSR count). The first kappa shape index (κ1) is 16.2. The van der Waals surface area contributed by atoms with Gasteiger partial charge in [0.15, 0.2) is 10.1 Å². The van der Waals surface area contributed by atoms with E-state index >= 15 is 0 Å². The van der Waals surface area contributed by atoms with E-state index in [9.17, 15) is 4.79 Å². The van der Waals surface area contributed by atoms with Gasteiger partial charge in [-0.2, -0.15) is 0 Å². The molecule has 7 heteroatoms. The molecule has 0 bridgehead atoms. The SMILES string of the molecule is Cc1ccc(Nc2nnc(SCC(=O)c3cccs3)s2)cc1C. The Morgan fingerprint density at radius 1 is 1.22 bits per heavy atom. The largest absolute Gasteiger partial charge is 0.330 e. The summed E-state index contributed by atoms with van der Waals surface area (Å²) in [6.45, 7) is 4.17. The topological polar surface area (TPSA) is 54.9 Å². The van der Waals surface area contributed by atoms with Crippen LogP contribution in [0.5, 0.6) is 0 Å². The van der Waals surface area contributed by atoms with E-state index in [1.54, 1.807) is 0 Å². The fourth-order valence-electron chi connectivity index (χ4n) is 1.90. The molecule has 2 aromatic heterocycles. The molecule has 0 radical (unpaired) electrons. The number of carbonyl (C=O) groups is 1. The second-order valence-electron chi connectivity index (χ2n) is 4.99. The van der Waals surface area contributed by atoms with Gasteiger partial charge < -0.3 is 5.32 Å².